The molecule has 3 rings (SSSR count). The van der Waals surface area contributed by atoms with E-state index in [1.165, 1.54) is 0 Å². The van der Waals surface area contributed by atoms with Crippen molar-refractivity contribution in [3.05, 3.63) is 23.8 Å². The van der Waals surface area contributed by atoms with E-state index in [0.717, 1.165) is 19.4 Å². The van der Waals surface area contributed by atoms with Crippen molar-refractivity contribution < 1.29 is 19.0 Å². The Bertz CT molecular complexity index is 593. The molecule has 1 aromatic rings. The minimum absolute atomic E-state index is 0.0277. The number of terminal acetylenes is 1. The Hall–Kier alpha value is -2.19. The Morgan fingerprint density at radius 3 is 3.14 bits per heavy atom. The number of nitrogens with zero attached hydrogens (tertiary/aromatic N) is 1. The number of fused-ring (bicyclic) bond motifs is 1. The van der Waals surface area contributed by atoms with E-state index in [0.29, 0.717) is 42.7 Å². The second kappa shape index (κ2) is 6.71. The molecule has 0 saturated carbocycles. The maximum atomic E-state index is 12.6. The van der Waals surface area contributed by atoms with Crippen LogP contribution < -0.4 is 9.47 Å². The second-order valence-corrected chi connectivity index (χ2v) is 5.55. The molecule has 0 spiro atoms. The quantitative estimate of drug-likeness (QED) is 0.630. The van der Waals surface area contributed by atoms with E-state index in [1.54, 1.807) is 18.2 Å². The summed E-state index contributed by atoms with van der Waals surface area (Å²) in [5, 5.41) is 0. The minimum Gasteiger partial charge on any atom is -0.454 e. The average molecular weight is 301 g/mol. The number of rotatable bonds is 4. The van der Waals surface area contributed by atoms with Gasteiger partial charge in [-0.1, -0.05) is 5.92 Å². The Labute approximate surface area is 130 Å². The van der Waals surface area contributed by atoms with Crippen molar-refractivity contribution in [2.24, 2.45) is 5.92 Å². The van der Waals surface area contributed by atoms with Crippen LogP contribution in [0.1, 0.15) is 23.2 Å². The van der Waals surface area contributed by atoms with Crippen molar-refractivity contribution in [1.29, 1.82) is 0 Å². The third-order valence-corrected chi connectivity index (χ3v) is 3.96. The molecular weight excluding hydrogens is 282 g/mol. The Morgan fingerprint density at radius 1 is 1.41 bits per heavy atom. The van der Waals surface area contributed by atoms with Crippen LogP contribution in [0.2, 0.25) is 0 Å². The van der Waals surface area contributed by atoms with E-state index in [1.807, 2.05) is 4.90 Å². The fraction of sp³-hybridized carbons (Fsp3) is 0.471. The van der Waals surface area contributed by atoms with Crippen molar-refractivity contribution in [2.75, 3.05) is 33.1 Å². The van der Waals surface area contributed by atoms with Gasteiger partial charge in [0, 0.05) is 24.6 Å². The van der Waals surface area contributed by atoms with Crippen molar-refractivity contribution in [2.45, 2.75) is 12.8 Å². The summed E-state index contributed by atoms with van der Waals surface area (Å²) in [5.74, 6) is 4.16. The first-order valence-corrected chi connectivity index (χ1v) is 7.48. The highest BCUT2D eigenvalue weighted by Gasteiger charge is 2.26. The molecule has 1 fully saturated rings. The topological polar surface area (TPSA) is 48.0 Å². The number of benzene rings is 1. The molecule has 1 atom stereocenters. The third-order valence-electron chi connectivity index (χ3n) is 3.96. The number of amides is 1. The van der Waals surface area contributed by atoms with E-state index < -0.39 is 0 Å². The second-order valence-electron chi connectivity index (χ2n) is 5.55. The van der Waals surface area contributed by atoms with Gasteiger partial charge in [-0.05, 0) is 31.0 Å². The first-order valence-electron chi connectivity index (χ1n) is 7.48. The average Bonchev–Trinajstić information content (AvgIpc) is 3.02. The highest BCUT2D eigenvalue weighted by Crippen LogP contribution is 2.33. The predicted octanol–water partition coefficient (Wildman–Crippen LogP) is 1.92. The summed E-state index contributed by atoms with van der Waals surface area (Å²) >= 11 is 0. The summed E-state index contributed by atoms with van der Waals surface area (Å²) < 4.78 is 16.0. The van der Waals surface area contributed by atoms with Gasteiger partial charge in [0.25, 0.3) is 5.91 Å². The van der Waals surface area contributed by atoms with Gasteiger partial charge in [0.05, 0.1) is 6.61 Å². The number of likely N-dealkylation sites (tertiary alicyclic amines) is 1. The highest BCUT2D eigenvalue weighted by atomic mass is 16.7. The lowest BCUT2D eigenvalue weighted by Gasteiger charge is -2.32. The molecule has 2 heterocycles. The lowest BCUT2D eigenvalue weighted by atomic mass is 9.98. The standard InChI is InChI=1S/C17H19NO4/c1-2-8-20-11-13-4-3-7-18(10-13)17(19)14-5-6-15-16(9-14)22-12-21-15/h1,5-6,9,13H,3-4,7-8,10-12H2/t13-/m0/s1. The summed E-state index contributed by atoms with van der Waals surface area (Å²) in [4.78, 5) is 14.5. The summed E-state index contributed by atoms with van der Waals surface area (Å²) in [5.41, 5.74) is 0.634. The summed E-state index contributed by atoms with van der Waals surface area (Å²) in [7, 11) is 0. The van der Waals surface area contributed by atoms with Gasteiger partial charge in [0.1, 0.15) is 6.61 Å². The number of carbonyl (C=O) groups is 1. The first-order chi connectivity index (χ1) is 10.8. The molecule has 0 aromatic heterocycles. The Kier molecular flexibility index (Phi) is 4.50. The van der Waals surface area contributed by atoms with Gasteiger partial charge in [-0.15, -0.1) is 6.42 Å². The predicted molar refractivity (Wildman–Crippen MR) is 80.8 cm³/mol. The summed E-state index contributed by atoms with van der Waals surface area (Å²) in [6.45, 7) is 2.63. The molecule has 0 bridgehead atoms. The van der Waals surface area contributed by atoms with Crippen molar-refractivity contribution >= 4 is 5.91 Å². The molecule has 0 radical (unpaired) electrons. The minimum atomic E-state index is 0.0277. The SMILES string of the molecule is C#CCOC[C@H]1CCCN(C(=O)c2ccc3c(c2)OCO3)C1. The lowest BCUT2D eigenvalue weighted by Crippen LogP contribution is -2.41. The molecule has 0 N–H and O–H groups in total. The largest absolute Gasteiger partial charge is 0.454 e. The van der Waals surface area contributed by atoms with E-state index in [4.69, 9.17) is 20.6 Å². The molecule has 22 heavy (non-hydrogen) atoms. The molecule has 5 heteroatoms. The van der Waals surface area contributed by atoms with Gasteiger partial charge in [-0.3, -0.25) is 4.79 Å². The van der Waals surface area contributed by atoms with Gasteiger partial charge >= 0.3 is 0 Å². The van der Waals surface area contributed by atoms with Crippen molar-refractivity contribution in [3.8, 4) is 23.8 Å². The third kappa shape index (κ3) is 3.18. The molecule has 0 unspecified atom stereocenters. The molecule has 1 aromatic carbocycles. The Morgan fingerprint density at radius 2 is 2.27 bits per heavy atom. The van der Waals surface area contributed by atoms with Crippen LogP contribution in [0.5, 0.6) is 11.5 Å². The molecule has 116 valence electrons. The van der Waals surface area contributed by atoms with E-state index >= 15 is 0 Å². The van der Waals surface area contributed by atoms with Crippen LogP contribution >= 0.6 is 0 Å². The van der Waals surface area contributed by atoms with Crippen molar-refractivity contribution in [1.82, 2.24) is 4.90 Å². The maximum absolute atomic E-state index is 12.6. The smallest absolute Gasteiger partial charge is 0.254 e. The molecular formula is C17H19NO4. The van der Waals surface area contributed by atoms with Crippen molar-refractivity contribution in [3.63, 3.8) is 0 Å². The first kappa shape index (κ1) is 14.7. The molecule has 0 aliphatic carbocycles. The van der Waals surface area contributed by atoms with Gasteiger partial charge in [-0.25, -0.2) is 0 Å². The molecule has 1 saturated heterocycles. The molecule has 2 aliphatic rings. The van der Waals surface area contributed by atoms with Crippen LogP contribution in [0.4, 0.5) is 0 Å². The zero-order valence-corrected chi connectivity index (χ0v) is 12.4. The summed E-state index contributed by atoms with van der Waals surface area (Å²) in [6.07, 6.45) is 7.23. The molecule has 1 amide bonds. The Balaban J connectivity index is 1.63. The van der Waals surface area contributed by atoms with Gasteiger partial charge in [-0.2, -0.15) is 0 Å². The van der Waals surface area contributed by atoms with Crippen LogP contribution in [0, 0.1) is 18.3 Å². The number of hydrogen-bond acceptors (Lipinski definition) is 4. The normalized spacial score (nSPS) is 19.8. The number of piperidine rings is 1. The monoisotopic (exact) mass is 301 g/mol. The van der Waals surface area contributed by atoms with E-state index in [2.05, 4.69) is 5.92 Å². The zero-order chi connectivity index (χ0) is 15.4. The highest BCUT2D eigenvalue weighted by molar-refractivity contribution is 5.95. The molecule has 2 aliphatic heterocycles. The van der Waals surface area contributed by atoms with Crippen LogP contribution in [0.3, 0.4) is 0 Å². The van der Waals surface area contributed by atoms with E-state index in [-0.39, 0.29) is 12.7 Å². The lowest BCUT2D eigenvalue weighted by molar-refractivity contribution is 0.0534. The fourth-order valence-corrected chi connectivity index (χ4v) is 2.88. The van der Waals surface area contributed by atoms with Gasteiger partial charge in [0.15, 0.2) is 11.5 Å². The summed E-state index contributed by atoms with van der Waals surface area (Å²) in [6, 6.07) is 5.32. The van der Waals surface area contributed by atoms with Gasteiger partial charge in [0.2, 0.25) is 6.79 Å². The van der Waals surface area contributed by atoms with Crippen LogP contribution in [-0.2, 0) is 4.74 Å². The zero-order valence-electron chi connectivity index (χ0n) is 12.4. The number of hydrogen-bond donors (Lipinski definition) is 0. The van der Waals surface area contributed by atoms with Crippen LogP contribution in [0.15, 0.2) is 18.2 Å². The van der Waals surface area contributed by atoms with Crippen LogP contribution in [-0.4, -0.2) is 43.9 Å². The molecule has 5 nitrogen and oxygen atoms in total. The van der Waals surface area contributed by atoms with Crippen LogP contribution in [0.25, 0.3) is 0 Å². The maximum Gasteiger partial charge on any atom is 0.254 e. The van der Waals surface area contributed by atoms with E-state index in [9.17, 15) is 4.79 Å². The van der Waals surface area contributed by atoms with Gasteiger partial charge < -0.3 is 19.1 Å². The number of carbonyl (C=O) groups excluding carboxylic acids is 1. The number of ether oxygens (including phenoxy) is 3. The fourth-order valence-electron chi connectivity index (χ4n) is 2.88.